The summed E-state index contributed by atoms with van der Waals surface area (Å²) in [6, 6.07) is 1.81. The summed E-state index contributed by atoms with van der Waals surface area (Å²) >= 11 is 5.99. The van der Waals surface area contributed by atoms with Crippen LogP contribution in [0.25, 0.3) is 0 Å². The van der Waals surface area contributed by atoms with Gasteiger partial charge in [0.15, 0.2) is 5.15 Å². The first-order chi connectivity index (χ1) is 8.90. The van der Waals surface area contributed by atoms with Crippen molar-refractivity contribution < 1.29 is 4.79 Å². The zero-order valence-electron chi connectivity index (χ0n) is 11.4. The van der Waals surface area contributed by atoms with Crippen molar-refractivity contribution in [1.29, 1.82) is 0 Å². The lowest BCUT2D eigenvalue weighted by molar-refractivity contribution is -0.122. The van der Waals surface area contributed by atoms with Gasteiger partial charge in [0.25, 0.3) is 0 Å². The summed E-state index contributed by atoms with van der Waals surface area (Å²) in [6.07, 6.45) is 5.23. The van der Waals surface area contributed by atoms with Gasteiger partial charge >= 0.3 is 0 Å². The number of anilines is 1. The van der Waals surface area contributed by atoms with Gasteiger partial charge in [-0.25, -0.2) is 4.98 Å². The summed E-state index contributed by atoms with van der Waals surface area (Å²) < 4.78 is 0. The number of carbonyl (C=O) groups excluding carboxylic acids is 1. The van der Waals surface area contributed by atoms with E-state index in [-0.39, 0.29) is 5.91 Å². The van der Waals surface area contributed by atoms with E-state index in [1.807, 2.05) is 13.0 Å². The minimum absolute atomic E-state index is 0.159. The number of amides is 1. The lowest BCUT2D eigenvalue weighted by Gasteiger charge is -2.35. The Labute approximate surface area is 118 Å². The van der Waals surface area contributed by atoms with Crippen LogP contribution < -0.4 is 11.1 Å². The van der Waals surface area contributed by atoms with Crippen molar-refractivity contribution in [1.82, 2.24) is 4.98 Å². The third-order valence-electron chi connectivity index (χ3n) is 3.71. The molecule has 0 bridgehead atoms. The summed E-state index contributed by atoms with van der Waals surface area (Å²) in [6.45, 7) is 4.04. The normalized spacial score (nSPS) is 27.1. The maximum absolute atomic E-state index is 12.4. The second-order valence-corrected chi connectivity index (χ2v) is 6.02. The molecule has 104 valence electrons. The van der Waals surface area contributed by atoms with Crippen LogP contribution in [0.2, 0.25) is 5.15 Å². The van der Waals surface area contributed by atoms with E-state index < -0.39 is 5.54 Å². The predicted octanol–water partition coefficient (Wildman–Crippen LogP) is 2.89. The monoisotopic (exact) mass is 281 g/mol. The number of nitrogens with two attached hydrogens (primary N) is 1. The largest absolute Gasteiger partial charge is 0.322 e. The molecule has 3 N–H and O–H groups in total. The molecule has 5 heteroatoms. The lowest BCUT2D eigenvalue weighted by Crippen LogP contribution is -2.53. The van der Waals surface area contributed by atoms with E-state index in [0.29, 0.717) is 16.8 Å². The van der Waals surface area contributed by atoms with Gasteiger partial charge in [-0.3, -0.25) is 4.79 Å². The molecule has 19 heavy (non-hydrogen) atoms. The highest BCUT2D eigenvalue weighted by atomic mass is 35.5. The fraction of sp³-hybridized carbons (Fsp3) is 0.571. The molecule has 1 aliphatic carbocycles. The molecule has 1 amide bonds. The van der Waals surface area contributed by atoms with E-state index in [9.17, 15) is 4.79 Å². The van der Waals surface area contributed by atoms with Gasteiger partial charge in [-0.15, -0.1) is 0 Å². The number of nitrogens with one attached hydrogen (secondary N) is 1. The van der Waals surface area contributed by atoms with Crippen LogP contribution in [-0.4, -0.2) is 16.4 Å². The topological polar surface area (TPSA) is 68.0 Å². The molecule has 1 heterocycles. The van der Waals surface area contributed by atoms with Gasteiger partial charge in [-0.1, -0.05) is 31.4 Å². The molecule has 1 aromatic rings. The Hall–Kier alpha value is -1.13. The maximum Gasteiger partial charge on any atom is 0.244 e. The summed E-state index contributed by atoms with van der Waals surface area (Å²) in [7, 11) is 0. The van der Waals surface area contributed by atoms with Gasteiger partial charge in [0.2, 0.25) is 5.91 Å². The van der Waals surface area contributed by atoms with E-state index in [1.165, 1.54) is 0 Å². The van der Waals surface area contributed by atoms with Crippen LogP contribution in [0.1, 0.15) is 38.2 Å². The van der Waals surface area contributed by atoms with Crippen LogP contribution in [0.5, 0.6) is 0 Å². The number of rotatable bonds is 2. The smallest absolute Gasteiger partial charge is 0.244 e. The first kappa shape index (κ1) is 14.3. The number of hydrogen-bond acceptors (Lipinski definition) is 3. The summed E-state index contributed by atoms with van der Waals surface area (Å²) in [5, 5.41) is 3.12. The van der Waals surface area contributed by atoms with Crippen molar-refractivity contribution >= 4 is 23.2 Å². The minimum Gasteiger partial charge on any atom is -0.322 e. The zero-order valence-corrected chi connectivity index (χ0v) is 12.1. The van der Waals surface area contributed by atoms with Crippen molar-refractivity contribution in [2.75, 3.05) is 5.32 Å². The molecule has 0 radical (unpaired) electrons. The molecular formula is C14H20ClN3O. The lowest BCUT2D eigenvalue weighted by atomic mass is 9.76. The molecule has 0 aliphatic heterocycles. The van der Waals surface area contributed by atoms with Crippen LogP contribution in [0.3, 0.4) is 0 Å². The molecule has 2 rings (SSSR count). The Morgan fingerprint density at radius 3 is 3.05 bits per heavy atom. The number of carbonyl (C=O) groups is 1. The molecule has 1 aromatic heterocycles. The van der Waals surface area contributed by atoms with Crippen molar-refractivity contribution in [3.63, 3.8) is 0 Å². The first-order valence-electron chi connectivity index (χ1n) is 6.63. The average molecular weight is 282 g/mol. The molecule has 4 nitrogen and oxygen atoms in total. The quantitative estimate of drug-likeness (QED) is 0.819. The molecular weight excluding hydrogens is 262 g/mol. The molecule has 1 aliphatic rings. The predicted molar refractivity (Wildman–Crippen MR) is 77.2 cm³/mol. The standard InChI is InChI=1S/C14H20ClN3O/c1-9-4-3-5-14(16,7-9)13(19)18-11-6-10(2)8-17-12(11)15/h6,8-9H,3-5,7,16H2,1-2H3,(H,18,19). The van der Waals surface area contributed by atoms with Gasteiger partial charge in [0.1, 0.15) is 0 Å². The van der Waals surface area contributed by atoms with Crippen LogP contribution in [0.15, 0.2) is 12.3 Å². The maximum atomic E-state index is 12.4. The van der Waals surface area contributed by atoms with Crippen molar-refractivity contribution in [3.8, 4) is 0 Å². The molecule has 2 unspecified atom stereocenters. The number of hydrogen-bond donors (Lipinski definition) is 2. The van der Waals surface area contributed by atoms with Crippen molar-refractivity contribution in [3.05, 3.63) is 23.0 Å². The second-order valence-electron chi connectivity index (χ2n) is 5.66. The van der Waals surface area contributed by atoms with Crippen molar-refractivity contribution in [2.24, 2.45) is 11.7 Å². The summed E-state index contributed by atoms with van der Waals surface area (Å²) in [5.41, 5.74) is 6.95. The number of pyridine rings is 1. The van der Waals surface area contributed by atoms with Crippen molar-refractivity contribution in [2.45, 2.75) is 45.1 Å². The van der Waals surface area contributed by atoms with E-state index in [2.05, 4.69) is 17.2 Å². The third kappa shape index (κ3) is 3.25. The molecule has 0 spiro atoms. The van der Waals surface area contributed by atoms with E-state index >= 15 is 0 Å². The summed E-state index contributed by atoms with van der Waals surface area (Å²) in [5.74, 6) is 0.323. The van der Waals surface area contributed by atoms with Crippen LogP contribution in [-0.2, 0) is 4.79 Å². The van der Waals surface area contributed by atoms with Gasteiger partial charge in [-0.2, -0.15) is 0 Å². The van der Waals surface area contributed by atoms with E-state index in [0.717, 1.165) is 31.2 Å². The first-order valence-corrected chi connectivity index (χ1v) is 7.01. The van der Waals surface area contributed by atoms with Gasteiger partial charge in [0, 0.05) is 6.20 Å². The highest BCUT2D eigenvalue weighted by molar-refractivity contribution is 6.32. The Kier molecular flexibility index (Phi) is 4.11. The molecule has 1 fully saturated rings. The minimum atomic E-state index is -0.787. The second kappa shape index (κ2) is 5.47. The molecule has 0 saturated heterocycles. The van der Waals surface area contributed by atoms with E-state index in [1.54, 1.807) is 6.20 Å². The fourth-order valence-electron chi connectivity index (χ4n) is 2.69. The average Bonchev–Trinajstić information content (AvgIpc) is 2.33. The Bertz CT molecular complexity index is 492. The Balaban J connectivity index is 2.14. The Morgan fingerprint density at radius 2 is 2.37 bits per heavy atom. The zero-order chi connectivity index (χ0) is 14.0. The molecule has 2 atom stereocenters. The molecule has 0 aromatic carbocycles. The highest BCUT2D eigenvalue weighted by Gasteiger charge is 2.38. The number of aryl methyl sites for hydroxylation is 1. The van der Waals surface area contributed by atoms with Crippen LogP contribution in [0.4, 0.5) is 5.69 Å². The van der Waals surface area contributed by atoms with Gasteiger partial charge in [0.05, 0.1) is 11.2 Å². The molecule has 1 saturated carbocycles. The van der Waals surface area contributed by atoms with E-state index in [4.69, 9.17) is 17.3 Å². The van der Waals surface area contributed by atoms with Crippen LogP contribution in [0, 0.1) is 12.8 Å². The van der Waals surface area contributed by atoms with Gasteiger partial charge < -0.3 is 11.1 Å². The summed E-state index contributed by atoms with van der Waals surface area (Å²) in [4.78, 5) is 16.4. The number of halogens is 1. The van der Waals surface area contributed by atoms with Crippen LogP contribution >= 0.6 is 11.6 Å². The van der Waals surface area contributed by atoms with Gasteiger partial charge in [-0.05, 0) is 37.3 Å². The highest BCUT2D eigenvalue weighted by Crippen LogP contribution is 2.32. The fourth-order valence-corrected chi connectivity index (χ4v) is 2.84. The SMILES string of the molecule is Cc1cnc(Cl)c(NC(=O)C2(N)CCCC(C)C2)c1. The Morgan fingerprint density at radius 1 is 1.63 bits per heavy atom. The third-order valence-corrected chi connectivity index (χ3v) is 4.01. The number of nitrogens with zero attached hydrogens (tertiary/aromatic N) is 1. The number of aromatic nitrogens is 1.